The molecule has 3 aromatic rings. The Labute approximate surface area is 203 Å². The number of rotatable bonds is 7. The van der Waals surface area contributed by atoms with E-state index in [-0.39, 0.29) is 5.91 Å². The van der Waals surface area contributed by atoms with Gasteiger partial charge in [0.25, 0.3) is 5.91 Å². The lowest BCUT2D eigenvalue weighted by molar-refractivity contribution is -0.164. The van der Waals surface area contributed by atoms with Gasteiger partial charge in [-0.05, 0) is 57.0 Å². The summed E-state index contributed by atoms with van der Waals surface area (Å²) in [5.41, 5.74) is 3.77. The molecule has 2 aromatic carbocycles. The molecule has 0 saturated heterocycles. The smallest absolute Gasteiger partial charge is 0.257 e. The van der Waals surface area contributed by atoms with E-state index in [9.17, 15) is 9.90 Å². The lowest BCUT2D eigenvalue weighted by Crippen LogP contribution is -2.41. The van der Waals surface area contributed by atoms with Crippen molar-refractivity contribution in [2.45, 2.75) is 39.2 Å². The SMILES string of the molecule is COc1cc(OC)cc(C(=O)Nc2nc(-c3ccc4c(c3)CCN4[C@H](O)OC(C)(C)C)cs2)c1. The molecule has 0 fully saturated rings. The number of anilines is 2. The number of hydrogen-bond donors (Lipinski definition) is 2. The molecule has 0 unspecified atom stereocenters. The van der Waals surface area contributed by atoms with E-state index >= 15 is 0 Å². The van der Waals surface area contributed by atoms with Crippen LogP contribution in [0.4, 0.5) is 10.8 Å². The van der Waals surface area contributed by atoms with Crippen LogP contribution in [0, 0.1) is 0 Å². The molecule has 0 radical (unpaired) electrons. The van der Waals surface area contributed by atoms with Gasteiger partial charge in [-0.25, -0.2) is 4.98 Å². The summed E-state index contributed by atoms with van der Waals surface area (Å²) in [4.78, 5) is 19.2. The second kappa shape index (κ2) is 9.61. The number of amides is 1. The van der Waals surface area contributed by atoms with Gasteiger partial charge in [-0.15, -0.1) is 11.3 Å². The van der Waals surface area contributed by atoms with Crippen LogP contribution >= 0.6 is 11.3 Å². The second-order valence-electron chi connectivity index (χ2n) is 8.94. The second-order valence-corrected chi connectivity index (χ2v) is 9.79. The highest BCUT2D eigenvalue weighted by atomic mass is 32.1. The summed E-state index contributed by atoms with van der Waals surface area (Å²) >= 11 is 1.36. The number of ether oxygens (including phenoxy) is 3. The molecule has 1 aliphatic rings. The van der Waals surface area contributed by atoms with Crippen molar-refractivity contribution in [3.63, 3.8) is 0 Å². The first-order chi connectivity index (χ1) is 16.2. The maximum absolute atomic E-state index is 12.8. The number of nitrogens with one attached hydrogen (secondary N) is 1. The van der Waals surface area contributed by atoms with E-state index in [0.717, 1.165) is 28.9 Å². The number of fused-ring (bicyclic) bond motifs is 1. The molecule has 0 spiro atoms. The fourth-order valence-corrected chi connectivity index (χ4v) is 4.48. The van der Waals surface area contributed by atoms with Gasteiger partial charge in [0, 0.05) is 34.8 Å². The molecule has 0 aliphatic carbocycles. The third kappa shape index (κ3) is 5.32. The summed E-state index contributed by atoms with van der Waals surface area (Å²) in [6, 6.07) is 11.0. The van der Waals surface area contributed by atoms with Crippen molar-refractivity contribution in [3.8, 4) is 22.8 Å². The summed E-state index contributed by atoms with van der Waals surface area (Å²) < 4.78 is 16.2. The molecule has 4 rings (SSSR count). The van der Waals surface area contributed by atoms with Gasteiger partial charge < -0.3 is 24.2 Å². The van der Waals surface area contributed by atoms with Gasteiger partial charge in [0.05, 0.1) is 25.5 Å². The first-order valence-corrected chi connectivity index (χ1v) is 11.8. The number of hydrogen-bond acceptors (Lipinski definition) is 8. The van der Waals surface area contributed by atoms with Crippen molar-refractivity contribution in [2.75, 3.05) is 31.0 Å². The van der Waals surface area contributed by atoms with Crippen molar-refractivity contribution in [3.05, 3.63) is 52.9 Å². The number of aliphatic hydroxyl groups is 1. The molecule has 0 saturated carbocycles. The van der Waals surface area contributed by atoms with E-state index in [1.807, 2.05) is 43.2 Å². The predicted molar refractivity (Wildman–Crippen MR) is 133 cm³/mol. The van der Waals surface area contributed by atoms with Crippen LogP contribution in [0.15, 0.2) is 41.8 Å². The van der Waals surface area contributed by atoms with E-state index in [4.69, 9.17) is 14.2 Å². The number of aliphatic hydroxyl groups excluding tert-OH is 1. The van der Waals surface area contributed by atoms with Crippen molar-refractivity contribution in [1.29, 1.82) is 0 Å². The van der Waals surface area contributed by atoms with Crippen LogP contribution in [-0.4, -0.2) is 48.8 Å². The predicted octanol–water partition coefficient (Wildman–Crippen LogP) is 4.53. The minimum absolute atomic E-state index is 0.296. The van der Waals surface area contributed by atoms with Gasteiger partial charge >= 0.3 is 0 Å². The number of aromatic nitrogens is 1. The Morgan fingerprint density at radius 1 is 1.15 bits per heavy atom. The van der Waals surface area contributed by atoms with E-state index in [2.05, 4.69) is 16.4 Å². The fraction of sp³-hybridized carbons (Fsp3) is 0.360. The van der Waals surface area contributed by atoms with Crippen LogP contribution in [0.2, 0.25) is 0 Å². The van der Waals surface area contributed by atoms with Crippen LogP contribution in [0.3, 0.4) is 0 Å². The monoisotopic (exact) mass is 483 g/mol. The molecule has 1 amide bonds. The first kappa shape index (κ1) is 24.0. The standard InChI is InChI=1S/C25H29N3O5S/c1-25(2,3)33-24(30)28-9-8-16-10-15(6-7-21(16)28)20-14-34-23(26-20)27-22(29)17-11-18(31-4)13-19(12-17)32-5/h6-7,10-14,24,30H,8-9H2,1-5H3,(H,26,27,29)/t24-/m1/s1. The third-order valence-corrected chi connectivity index (χ3v) is 6.13. The highest BCUT2D eigenvalue weighted by Crippen LogP contribution is 2.35. The Hall–Kier alpha value is -3.14. The molecule has 1 aromatic heterocycles. The molecule has 1 atom stereocenters. The molecular weight excluding hydrogens is 454 g/mol. The van der Waals surface area contributed by atoms with Crippen molar-refractivity contribution in [1.82, 2.24) is 4.98 Å². The van der Waals surface area contributed by atoms with Gasteiger partial charge in [0.15, 0.2) is 5.13 Å². The van der Waals surface area contributed by atoms with E-state index in [1.54, 1.807) is 18.2 Å². The fourth-order valence-electron chi connectivity index (χ4n) is 3.77. The topological polar surface area (TPSA) is 93.2 Å². The van der Waals surface area contributed by atoms with Crippen LogP contribution in [0.25, 0.3) is 11.3 Å². The molecule has 2 N–H and O–H groups in total. The van der Waals surface area contributed by atoms with Gasteiger partial charge in [0.2, 0.25) is 6.41 Å². The first-order valence-electron chi connectivity index (χ1n) is 10.9. The molecule has 9 heteroatoms. The average molecular weight is 484 g/mol. The summed E-state index contributed by atoms with van der Waals surface area (Å²) in [5, 5.41) is 15.8. The third-order valence-electron chi connectivity index (χ3n) is 5.37. The molecule has 1 aliphatic heterocycles. The maximum atomic E-state index is 12.8. The Morgan fingerprint density at radius 2 is 1.85 bits per heavy atom. The zero-order valence-electron chi connectivity index (χ0n) is 19.9. The zero-order chi connectivity index (χ0) is 24.5. The summed E-state index contributed by atoms with van der Waals surface area (Å²) in [5.74, 6) is 0.777. The summed E-state index contributed by atoms with van der Waals surface area (Å²) in [6.45, 7) is 6.43. The normalized spacial score (nSPS) is 14.0. The number of nitrogens with zero attached hydrogens (tertiary/aromatic N) is 2. The Balaban J connectivity index is 1.48. The van der Waals surface area contributed by atoms with Crippen molar-refractivity contribution < 1.29 is 24.1 Å². The van der Waals surface area contributed by atoms with E-state index < -0.39 is 12.0 Å². The van der Waals surface area contributed by atoms with Gasteiger partial charge in [-0.1, -0.05) is 6.07 Å². The molecule has 8 nitrogen and oxygen atoms in total. The molecule has 0 bridgehead atoms. The minimum Gasteiger partial charge on any atom is -0.497 e. The number of methoxy groups -OCH3 is 2. The molecule has 180 valence electrons. The highest BCUT2D eigenvalue weighted by Gasteiger charge is 2.28. The quantitative estimate of drug-likeness (QED) is 0.477. The van der Waals surface area contributed by atoms with Crippen molar-refractivity contribution in [2.24, 2.45) is 0 Å². The largest absolute Gasteiger partial charge is 0.497 e. The molecule has 2 heterocycles. The van der Waals surface area contributed by atoms with E-state index in [0.29, 0.717) is 28.7 Å². The van der Waals surface area contributed by atoms with Crippen LogP contribution < -0.4 is 19.7 Å². The van der Waals surface area contributed by atoms with Crippen molar-refractivity contribution >= 4 is 28.1 Å². The lowest BCUT2D eigenvalue weighted by Gasteiger charge is -2.31. The highest BCUT2D eigenvalue weighted by molar-refractivity contribution is 7.14. The Kier molecular flexibility index (Phi) is 6.79. The zero-order valence-corrected chi connectivity index (χ0v) is 20.7. The maximum Gasteiger partial charge on any atom is 0.257 e. The average Bonchev–Trinajstić information content (AvgIpc) is 3.44. The molecular formula is C25H29N3O5S. The Morgan fingerprint density at radius 3 is 2.50 bits per heavy atom. The summed E-state index contributed by atoms with van der Waals surface area (Å²) in [6.07, 6.45) is -0.192. The number of thiazole rings is 1. The minimum atomic E-state index is -0.997. The van der Waals surface area contributed by atoms with Gasteiger partial charge in [-0.3, -0.25) is 10.1 Å². The van der Waals surface area contributed by atoms with Crippen LogP contribution in [0.5, 0.6) is 11.5 Å². The van der Waals surface area contributed by atoms with Gasteiger partial charge in [0.1, 0.15) is 11.5 Å². The summed E-state index contributed by atoms with van der Waals surface area (Å²) in [7, 11) is 3.08. The van der Waals surface area contributed by atoms with Crippen LogP contribution in [0.1, 0.15) is 36.7 Å². The number of benzene rings is 2. The van der Waals surface area contributed by atoms with E-state index in [1.165, 1.54) is 25.6 Å². The molecule has 34 heavy (non-hydrogen) atoms. The van der Waals surface area contributed by atoms with Gasteiger partial charge in [-0.2, -0.15) is 0 Å². The number of carbonyl (C=O) groups excluding carboxylic acids is 1. The lowest BCUT2D eigenvalue weighted by atomic mass is 10.1. The van der Waals surface area contributed by atoms with Crippen LogP contribution in [-0.2, 0) is 11.2 Å². The Bertz CT molecular complexity index is 1170. The number of carbonyl (C=O) groups is 1.